The largest absolute Gasteiger partial charge is 0.491 e. The molecule has 2 aliphatic rings. The van der Waals surface area contributed by atoms with Crippen LogP contribution in [-0.2, 0) is 9.53 Å². The lowest BCUT2D eigenvalue weighted by Gasteiger charge is -2.38. The number of methoxy groups -OCH3 is 1. The highest BCUT2D eigenvalue weighted by atomic mass is 16.5. The molecule has 2 unspecified atom stereocenters. The van der Waals surface area contributed by atoms with Gasteiger partial charge in [-0.1, -0.05) is 0 Å². The molecule has 1 saturated heterocycles. The molecule has 1 saturated carbocycles. The van der Waals surface area contributed by atoms with Crippen molar-refractivity contribution >= 4 is 11.9 Å². The van der Waals surface area contributed by atoms with Crippen LogP contribution in [0.25, 0.3) is 0 Å². The highest BCUT2D eigenvalue weighted by Gasteiger charge is 2.30. The Hall–Kier alpha value is -2.16. The third kappa shape index (κ3) is 6.42. The number of carbonyl (C=O) groups is 2. The summed E-state index contributed by atoms with van der Waals surface area (Å²) in [6.45, 7) is 5.90. The molecule has 2 N–H and O–H groups in total. The molecule has 1 aliphatic carbocycles. The average Bonchev–Trinajstić information content (AvgIpc) is 3.56. The van der Waals surface area contributed by atoms with Crippen LogP contribution >= 0.6 is 0 Å². The highest BCUT2D eigenvalue weighted by Crippen LogP contribution is 2.19. The van der Waals surface area contributed by atoms with Crippen molar-refractivity contribution in [1.82, 2.24) is 15.1 Å². The van der Waals surface area contributed by atoms with Gasteiger partial charge in [-0.25, -0.2) is 4.79 Å². The standard InChI is InChI=1S/C21H31N3O5/c1-15(20(26)22-17-5-6-17)24-11-9-23(10-12-24)13-18(25)14-29-19-7-3-16(4-8-19)21(27)28-2/h3-4,7-8,15,17-18,25H,5-6,9-14H2,1-2H3,(H,22,26). The Labute approximate surface area is 171 Å². The zero-order chi connectivity index (χ0) is 20.8. The van der Waals surface area contributed by atoms with E-state index in [0.29, 0.717) is 23.9 Å². The van der Waals surface area contributed by atoms with Crippen molar-refractivity contribution < 1.29 is 24.2 Å². The second kappa shape index (κ2) is 10.0. The van der Waals surface area contributed by atoms with Crippen molar-refractivity contribution in [3.8, 4) is 5.75 Å². The number of aliphatic hydroxyl groups excluding tert-OH is 1. The fraction of sp³-hybridized carbons (Fsp3) is 0.619. The van der Waals surface area contributed by atoms with Crippen LogP contribution in [-0.4, -0.2) is 91.4 Å². The Kier molecular flexibility index (Phi) is 7.46. The summed E-state index contributed by atoms with van der Waals surface area (Å²) >= 11 is 0. The van der Waals surface area contributed by atoms with Crippen LogP contribution in [0.5, 0.6) is 5.75 Å². The Bertz CT molecular complexity index is 684. The summed E-state index contributed by atoms with van der Waals surface area (Å²) in [5.74, 6) is 0.319. The van der Waals surface area contributed by atoms with E-state index in [1.807, 2.05) is 6.92 Å². The summed E-state index contributed by atoms with van der Waals surface area (Å²) in [6.07, 6.45) is 1.58. The summed E-state index contributed by atoms with van der Waals surface area (Å²) in [5, 5.41) is 13.4. The quantitative estimate of drug-likeness (QED) is 0.578. The Morgan fingerprint density at radius 3 is 2.41 bits per heavy atom. The van der Waals surface area contributed by atoms with E-state index in [1.165, 1.54) is 7.11 Å². The van der Waals surface area contributed by atoms with Crippen molar-refractivity contribution in [2.45, 2.75) is 38.0 Å². The van der Waals surface area contributed by atoms with Crippen molar-refractivity contribution in [2.75, 3.05) is 46.4 Å². The first kappa shape index (κ1) is 21.5. The van der Waals surface area contributed by atoms with Gasteiger partial charge in [-0.3, -0.25) is 14.6 Å². The van der Waals surface area contributed by atoms with Gasteiger partial charge in [-0.15, -0.1) is 0 Å². The molecule has 160 valence electrons. The number of hydrogen-bond donors (Lipinski definition) is 2. The minimum atomic E-state index is -0.613. The zero-order valence-corrected chi connectivity index (χ0v) is 17.2. The monoisotopic (exact) mass is 405 g/mol. The van der Waals surface area contributed by atoms with Gasteiger partial charge in [0, 0.05) is 38.8 Å². The molecule has 0 spiro atoms. The van der Waals surface area contributed by atoms with Crippen molar-refractivity contribution in [2.24, 2.45) is 0 Å². The van der Waals surface area contributed by atoms with E-state index >= 15 is 0 Å². The molecule has 0 radical (unpaired) electrons. The summed E-state index contributed by atoms with van der Waals surface area (Å²) in [7, 11) is 1.34. The van der Waals surface area contributed by atoms with Crippen LogP contribution in [0, 0.1) is 0 Å². The first-order valence-electron chi connectivity index (χ1n) is 10.2. The number of rotatable bonds is 9. The second-order valence-electron chi connectivity index (χ2n) is 7.78. The fourth-order valence-corrected chi connectivity index (χ4v) is 3.40. The van der Waals surface area contributed by atoms with E-state index in [4.69, 9.17) is 4.74 Å². The van der Waals surface area contributed by atoms with Gasteiger partial charge in [0.05, 0.1) is 18.7 Å². The van der Waals surface area contributed by atoms with Crippen LogP contribution in [0.3, 0.4) is 0 Å². The third-order valence-corrected chi connectivity index (χ3v) is 5.44. The first-order chi connectivity index (χ1) is 14.0. The maximum atomic E-state index is 12.2. The second-order valence-corrected chi connectivity index (χ2v) is 7.78. The maximum Gasteiger partial charge on any atom is 0.337 e. The summed E-state index contributed by atoms with van der Waals surface area (Å²) in [5.41, 5.74) is 0.457. The minimum Gasteiger partial charge on any atom is -0.491 e. The number of carbonyl (C=O) groups excluding carboxylic acids is 2. The molecular weight excluding hydrogens is 374 g/mol. The Morgan fingerprint density at radius 2 is 1.83 bits per heavy atom. The zero-order valence-electron chi connectivity index (χ0n) is 17.2. The topological polar surface area (TPSA) is 91.3 Å². The third-order valence-electron chi connectivity index (χ3n) is 5.44. The summed E-state index contributed by atoms with van der Waals surface area (Å²) in [6, 6.07) is 6.91. The van der Waals surface area contributed by atoms with Crippen LogP contribution < -0.4 is 10.1 Å². The number of nitrogens with one attached hydrogen (secondary N) is 1. The maximum absolute atomic E-state index is 12.2. The van der Waals surface area contributed by atoms with Crippen LogP contribution in [0.1, 0.15) is 30.1 Å². The van der Waals surface area contributed by atoms with Gasteiger partial charge in [0.2, 0.25) is 5.91 Å². The number of aliphatic hydroxyl groups is 1. The normalized spacial score (nSPS) is 20.0. The van der Waals surface area contributed by atoms with E-state index in [-0.39, 0.29) is 18.6 Å². The van der Waals surface area contributed by atoms with Crippen LogP contribution in [0.4, 0.5) is 0 Å². The van der Waals surface area contributed by atoms with Gasteiger partial charge >= 0.3 is 5.97 Å². The molecule has 0 bridgehead atoms. The summed E-state index contributed by atoms with van der Waals surface area (Å²) in [4.78, 5) is 28.0. The van der Waals surface area contributed by atoms with E-state index in [2.05, 4.69) is 19.9 Å². The molecule has 8 heteroatoms. The number of benzene rings is 1. The van der Waals surface area contributed by atoms with Gasteiger partial charge in [0.25, 0.3) is 0 Å². The predicted molar refractivity (Wildman–Crippen MR) is 108 cm³/mol. The lowest BCUT2D eigenvalue weighted by atomic mass is 10.2. The molecule has 2 fully saturated rings. The molecular formula is C21H31N3O5. The molecule has 1 amide bonds. The van der Waals surface area contributed by atoms with Gasteiger partial charge in [-0.05, 0) is 44.0 Å². The number of ether oxygens (including phenoxy) is 2. The Morgan fingerprint density at radius 1 is 1.17 bits per heavy atom. The molecule has 1 aliphatic heterocycles. The molecule has 2 atom stereocenters. The number of β-amino-alcohol motifs (C(OH)–C–C–N with tert-alkyl or cyclic N) is 1. The lowest BCUT2D eigenvalue weighted by Crippen LogP contribution is -2.55. The fourth-order valence-electron chi connectivity index (χ4n) is 3.40. The molecule has 1 aromatic carbocycles. The number of piperazine rings is 1. The molecule has 1 aromatic rings. The van der Waals surface area contributed by atoms with Gasteiger partial charge in [0.1, 0.15) is 18.5 Å². The van der Waals surface area contributed by atoms with E-state index in [0.717, 1.165) is 39.0 Å². The molecule has 29 heavy (non-hydrogen) atoms. The number of esters is 1. The van der Waals surface area contributed by atoms with Crippen molar-refractivity contribution in [1.29, 1.82) is 0 Å². The van der Waals surface area contributed by atoms with E-state index in [1.54, 1.807) is 24.3 Å². The van der Waals surface area contributed by atoms with Gasteiger partial charge < -0.3 is 19.9 Å². The molecule has 3 rings (SSSR count). The first-order valence-corrected chi connectivity index (χ1v) is 10.2. The molecule has 8 nitrogen and oxygen atoms in total. The van der Waals surface area contributed by atoms with Crippen LogP contribution in [0.2, 0.25) is 0 Å². The van der Waals surface area contributed by atoms with Crippen molar-refractivity contribution in [3.63, 3.8) is 0 Å². The molecule has 1 heterocycles. The van der Waals surface area contributed by atoms with E-state index in [9.17, 15) is 14.7 Å². The summed E-state index contributed by atoms with van der Waals surface area (Å²) < 4.78 is 10.3. The van der Waals surface area contributed by atoms with Gasteiger partial charge in [-0.2, -0.15) is 0 Å². The average molecular weight is 405 g/mol. The van der Waals surface area contributed by atoms with Gasteiger partial charge in [0.15, 0.2) is 0 Å². The Balaban J connectivity index is 1.35. The van der Waals surface area contributed by atoms with Crippen LogP contribution in [0.15, 0.2) is 24.3 Å². The number of nitrogens with zero attached hydrogens (tertiary/aromatic N) is 2. The van der Waals surface area contributed by atoms with Crippen molar-refractivity contribution in [3.05, 3.63) is 29.8 Å². The predicted octanol–water partition coefficient (Wildman–Crippen LogP) is 0.498. The van der Waals surface area contributed by atoms with E-state index < -0.39 is 12.1 Å². The number of hydrogen-bond acceptors (Lipinski definition) is 7. The number of amides is 1. The minimum absolute atomic E-state index is 0.112. The lowest BCUT2D eigenvalue weighted by molar-refractivity contribution is -0.126. The molecule has 0 aromatic heterocycles. The highest BCUT2D eigenvalue weighted by molar-refractivity contribution is 5.89. The SMILES string of the molecule is COC(=O)c1ccc(OCC(O)CN2CCN(C(C)C(=O)NC3CC3)CC2)cc1. The smallest absolute Gasteiger partial charge is 0.337 e.